The predicted octanol–water partition coefficient (Wildman–Crippen LogP) is 0.569. The molecule has 0 radical (unpaired) electrons. The quantitative estimate of drug-likeness (QED) is 0.666. The highest BCUT2D eigenvalue weighted by molar-refractivity contribution is 5.88. The lowest BCUT2D eigenvalue weighted by Crippen LogP contribution is -2.15. The molecule has 0 aromatic carbocycles. The summed E-state index contributed by atoms with van der Waals surface area (Å²) in [5.41, 5.74) is 0. The number of carbonyl (C=O) groups excluding carboxylic acids is 1. The molecule has 1 heterocycles. The monoisotopic (exact) mass is 228 g/mol. The van der Waals surface area contributed by atoms with Gasteiger partial charge in [0.15, 0.2) is 0 Å². The maximum Gasteiger partial charge on any atom is 0.337 e. The molecule has 16 heavy (non-hydrogen) atoms. The Kier molecular flexibility index (Phi) is 5.27. The van der Waals surface area contributed by atoms with Gasteiger partial charge in [0.2, 0.25) is 11.9 Å². The van der Waals surface area contributed by atoms with Crippen LogP contribution in [0.4, 0.5) is 5.95 Å². The number of ether oxygens (including phenoxy) is 2. The number of nitrogens with zero attached hydrogens (tertiary/aromatic N) is 2. The maximum atomic E-state index is 11.3. The summed E-state index contributed by atoms with van der Waals surface area (Å²) < 4.78 is 10.1. The van der Waals surface area contributed by atoms with Crippen LogP contribution in [0.3, 0.4) is 0 Å². The summed E-state index contributed by atoms with van der Waals surface area (Å²) in [6, 6.07) is 0.225. The van der Waals surface area contributed by atoms with Crippen LogP contribution in [0.25, 0.3) is 0 Å². The van der Waals surface area contributed by atoms with Crippen molar-refractivity contribution >= 4 is 11.9 Å². The average Bonchev–Trinajstić information content (AvgIpc) is 2.66. The number of aromatic amines is 1. The molecule has 0 saturated heterocycles. The molecular weight excluding hydrogens is 212 g/mol. The van der Waals surface area contributed by atoms with Crippen LogP contribution in [0.15, 0.2) is 0 Å². The lowest BCUT2D eigenvalue weighted by atomic mass is 10.4. The minimum Gasteiger partial charge on any atom is -0.463 e. The smallest absolute Gasteiger partial charge is 0.337 e. The molecule has 0 aliphatic rings. The Labute approximate surface area is 93.5 Å². The second-order valence-corrected chi connectivity index (χ2v) is 2.89. The zero-order valence-corrected chi connectivity index (χ0v) is 9.45. The molecule has 0 aliphatic heterocycles. The minimum atomic E-state index is -0.173. The van der Waals surface area contributed by atoms with E-state index in [9.17, 15) is 4.79 Å². The van der Waals surface area contributed by atoms with Crippen LogP contribution in [0.1, 0.15) is 20.3 Å². The first kappa shape index (κ1) is 12.4. The second kappa shape index (κ2) is 6.78. The fraction of sp³-hybridized carbons (Fsp3) is 0.667. The third kappa shape index (κ3) is 4.26. The molecule has 0 spiro atoms. The molecule has 0 aliphatic carbocycles. The minimum absolute atomic E-state index is 0.173. The molecule has 1 aromatic rings. The van der Waals surface area contributed by atoms with Crippen molar-refractivity contribution in [2.45, 2.75) is 20.3 Å². The maximum absolute atomic E-state index is 11.3. The largest absolute Gasteiger partial charge is 0.463 e. The van der Waals surface area contributed by atoms with E-state index < -0.39 is 0 Å². The molecule has 0 saturated carbocycles. The Morgan fingerprint density at radius 1 is 1.44 bits per heavy atom. The highest BCUT2D eigenvalue weighted by atomic mass is 16.5. The van der Waals surface area contributed by atoms with Gasteiger partial charge in [0.05, 0.1) is 19.6 Å². The van der Waals surface area contributed by atoms with Gasteiger partial charge in [-0.1, -0.05) is 0 Å². The molecule has 2 N–H and O–H groups in total. The summed E-state index contributed by atoms with van der Waals surface area (Å²) in [4.78, 5) is 15.2. The van der Waals surface area contributed by atoms with Crippen molar-refractivity contribution in [1.29, 1.82) is 0 Å². The third-order valence-corrected chi connectivity index (χ3v) is 1.67. The number of aromatic nitrogens is 3. The van der Waals surface area contributed by atoms with E-state index in [-0.39, 0.29) is 17.9 Å². The summed E-state index contributed by atoms with van der Waals surface area (Å²) in [7, 11) is 0. The van der Waals surface area contributed by atoms with Gasteiger partial charge < -0.3 is 9.47 Å². The average molecular weight is 228 g/mol. The summed E-state index contributed by atoms with van der Waals surface area (Å²) in [6.07, 6.45) is 0.290. The van der Waals surface area contributed by atoms with Crippen LogP contribution in [0.5, 0.6) is 6.01 Å². The van der Waals surface area contributed by atoms with E-state index in [2.05, 4.69) is 20.5 Å². The fourth-order valence-electron chi connectivity index (χ4n) is 1.000. The van der Waals surface area contributed by atoms with E-state index in [1.165, 1.54) is 0 Å². The lowest BCUT2D eigenvalue weighted by molar-refractivity contribution is -0.117. The number of hydrogen-bond donors (Lipinski definition) is 2. The Bertz CT molecular complexity index is 326. The molecule has 1 rings (SSSR count). The van der Waals surface area contributed by atoms with Crippen LogP contribution in [0.2, 0.25) is 0 Å². The first-order chi connectivity index (χ1) is 7.76. The SMILES string of the molecule is CCOCCC(=O)Nc1nc(OCC)n[nH]1. The molecular formula is C9H16N4O3. The number of carbonyl (C=O) groups is 1. The Hall–Kier alpha value is -1.63. The second-order valence-electron chi connectivity index (χ2n) is 2.89. The predicted molar refractivity (Wildman–Crippen MR) is 57.3 cm³/mol. The van der Waals surface area contributed by atoms with Gasteiger partial charge in [-0.05, 0) is 13.8 Å². The Morgan fingerprint density at radius 3 is 2.94 bits per heavy atom. The van der Waals surface area contributed by atoms with E-state index >= 15 is 0 Å². The molecule has 1 aromatic heterocycles. The van der Waals surface area contributed by atoms with Gasteiger partial charge in [-0.2, -0.15) is 4.98 Å². The molecule has 0 bridgehead atoms. The van der Waals surface area contributed by atoms with Crippen LogP contribution < -0.4 is 10.1 Å². The van der Waals surface area contributed by atoms with E-state index in [4.69, 9.17) is 9.47 Å². The number of amides is 1. The van der Waals surface area contributed by atoms with Crippen molar-refractivity contribution in [3.8, 4) is 6.01 Å². The normalized spacial score (nSPS) is 10.1. The van der Waals surface area contributed by atoms with Gasteiger partial charge in [0.25, 0.3) is 0 Å². The zero-order valence-electron chi connectivity index (χ0n) is 9.45. The molecule has 0 atom stereocenters. The van der Waals surface area contributed by atoms with Gasteiger partial charge in [-0.3, -0.25) is 10.1 Å². The number of rotatable bonds is 7. The van der Waals surface area contributed by atoms with Gasteiger partial charge in [0.1, 0.15) is 0 Å². The highest BCUT2D eigenvalue weighted by Crippen LogP contribution is 2.05. The standard InChI is InChI=1S/C9H16N4O3/c1-3-15-6-5-7(14)10-8-11-9(13-12-8)16-4-2/h3-6H2,1-2H3,(H2,10,11,12,13,14). The molecule has 0 unspecified atom stereocenters. The van der Waals surface area contributed by atoms with Crippen LogP contribution in [-0.4, -0.2) is 40.9 Å². The first-order valence-corrected chi connectivity index (χ1v) is 5.19. The van der Waals surface area contributed by atoms with Crippen molar-refractivity contribution in [3.05, 3.63) is 0 Å². The number of H-pyrrole nitrogens is 1. The number of anilines is 1. The van der Waals surface area contributed by atoms with Gasteiger partial charge >= 0.3 is 6.01 Å². The van der Waals surface area contributed by atoms with Crippen molar-refractivity contribution < 1.29 is 14.3 Å². The Balaban J connectivity index is 2.31. The number of nitrogens with one attached hydrogen (secondary N) is 2. The first-order valence-electron chi connectivity index (χ1n) is 5.19. The van der Waals surface area contributed by atoms with E-state index in [1.54, 1.807) is 0 Å². The van der Waals surface area contributed by atoms with Crippen LogP contribution in [0, 0.1) is 0 Å². The number of hydrogen-bond acceptors (Lipinski definition) is 5. The van der Waals surface area contributed by atoms with Crippen molar-refractivity contribution in [3.63, 3.8) is 0 Å². The summed E-state index contributed by atoms with van der Waals surface area (Å²) >= 11 is 0. The third-order valence-electron chi connectivity index (χ3n) is 1.67. The topological polar surface area (TPSA) is 89.1 Å². The van der Waals surface area contributed by atoms with Crippen molar-refractivity contribution in [2.24, 2.45) is 0 Å². The lowest BCUT2D eigenvalue weighted by Gasteiger charge is -2.01. The van der Waals surface area contributed by atoms with Crippen LogP contribution >= 0.6 is 0 Å². The molecule has 1 amide bonds. The van der Waals surface area contributed by atoms with Crippen molar-refractivity contribution in [1.82, 2.24) is 15.2 Å². The van der Waals surface area contributed by atoms with Crippen LogP contribution in [-0.2, 0) is 9.53 Å². The van der Waals surface area contributed by atoms with E-state index in [0.29, 0.717) is 26.2 Å². The molecule has 7 nitrogen and oxygen atoms in total. The van der Waals surface area contributed by atoms with Crippen molar-refractivity contribution in [2.75, 3.05) is 25.1 Å². The zero-order chi connectivity index (χ0) is 11.8. The fourth-order valence-corrected chi connectivity index (χ4v) is 1.000. The highest BCUT2D eigenvalue weighted by Gasteiger charge is 2.07. The molecule has 0 fully saturated rings. The Morgan fingerprint density at radius 2 is 2.25 bits per heavy atom. The van der Waals surface area contributed by atoms with E-state index in [1.807, 2.05) is 13.8 Å². The molecule has 90 valence electrons. The summed E-state index contributed by atoms with van der Waals surface area (Å²) in [6.45, 7) is 5.19. The van der Waals surface area contributed by atoms with Gasteiger partial charge in [-0.25, -0.2) is 5.10 Å². The molecule has 7 heteroatoms. The summed E-state index contributed by atoms with van der Waals surface area (Å²) in [5, 5.41) is 8.86. The van der Waals surface area contributed by atoms with Gasteiger partial charge in [0, 0.05) is 6.61 Å². The van der Waals surface area contributed by atoms with Gasteiger partial charge in [-0.15, -0.1) is 5.10 Å². The van der Waals surface area contributed by atoms with E-state index in [0.717, 1.165) is 0 Å². The summed E-state index contributed by atoms with van der Waals surface area (Å²) in [5.74, 6) is 0.109.